The Kier molecular flexibility index (Phi) is 43.5. The summed E-state index contributed by atoms with van der Waals surface area (Å²) in [4.78, 5) is 12.4. The molecule has 0 saturated carbocycles. The first-order valence-corrected chi connectivity index (χ1v) is 23.0. The van der Waals surface area contributed by atoms with Crippen LogP contribution in [0.3, 0.4) is 0 Å². The summed E-state index contributed by atoms with van der Waals surface area (Å²) in [5.41, 5.74) is 0. The van der Waals surface area contributed by atoms with Gasteiger partial charge in [-0.25, -0.2) is 0 Å². The fourth-order valence-electron chi connectivity index (χ4n) is 6.34. The maximum absolute atomic E-state index is 12.4. The maximum Gasteiger partial charge on any atom is 0.220 e. The van der Waals surface area contributed by atoms with Gasteiger partial charge in [-0.2, -0.15) is 0 Å². The molecule has 2 unspecified atom stereocenters. The molecule has 0 aromatic carbocycles. The first-order chi connectivity index (χ1) is 27.2. The number of hydrogen-bond donors (Lipinski definition) is 3. The van der Waals surface area contributed by atoms with Crippen LogP contribution in [0.15, 0.2) is 97.2 Å². The summed E-state index contributed by atoms with van der Waals surface area (Å²) in [5.74, 6) is -0.125. The third-order valence-electron chi connectivity index (χ3n) is 9.82. The fourth-order valence-corrected chi connectivity index (χ4v) is 6.34. The SMILES string of the molecule is CC/C=C\C/C=C\C/C=C\C/C=C\C/C=C\C/C=C\C/C=C\CCCC(=O)NC(CO)C(O)/C=C/CCCCCCCCCCCCCCCCCCCC. The average molecular weight is 762 g/mol. The summed E-state index contributed by atoms with van der Waals surface area (Å²) in [5, 5.41) is 23.0. The van der Waals surface area contributed by atoms with Gasteiger partial charge in [0.1, 0.15) is 0 Å². The Morgan fingerprint density at radius 1 is 0.455 bits per heavy atom. The van der Waals surface area contributed by atoms with Gasteiger partial charge in [-0.1, -0.05) is 220 Å². The highest BCUT2D eigenvalue weighted by Gasteiger charge is 2.17. The van der Waals surface area contributed by atoms with Gasteiger partial charge in [0.05, 0.1) is 18.8 Å². The van der Waals surface area contributed by atoms with E-state index in [4.69, 9.17) is 0 Å². The van der Waals surface area contributed by atoms with E-state index >= 15 is 0 Å². The van der Waals surface area contributed by atoms with Crippen LogP contribution in [0.1, 0.15) is 200 Å². The van der Waals surface area contributed by atoms with Gasteiger partial charge in [0.15, 0.2) is 0 Å². The van der Waals surface area contributed by atoms with E-state index in [0.29, 0.717) is 6.42 Å². The number of nitrogens with one attached hydrogen (secondary N) is 1. The maximum atomic E-state index is 12.4. The molecule has 0 saturated heterocycles. The van der Waals surface area contributed by atoms with Crippen molar-refractivity contribution < 1.29 is 15.0 Å². The summed E-state index contributed by atoms with van der Waals surface area (Å²) < 4.78 is 0. The van der Waals surface area contributed by atoms with Crippen LogP contribution in [0.2, 0.25) is 0 Å². The van der Waals surface area contributed by atoms with Gasteiger partial charge in [0.25, 0.3) is 0 Å². The number of unbranched alkanes of at least 4 members (excludes halogenated alkanes) is 19. The van der Waals surface area contributed by atoms with Crippen molar-refractivity contribution in [2.24, 2.45) is 0 Å². The zero-order valence-electron chi connectivity index (χ0n) is 35.9. The molecule has 0 aromatic rings. The Morgan fingerprint density at radius 3 is 1.18 bits per heavy atom. The van der Waals surface area contributed by atoms with Gasteiger partial charge >= 0.3 is 0 Å². The van der Waals surface area contributed by atoms with Crippen molar-refractivity contribution in [3.8, 4) is 0 Å². The number of carbonyl (C=O) groups is 1. The van der Waals surface area contributed by atoms with Crippen molar-refractivity contribution in [1.82, 2.24) is 5.32 Å². The minimum atomic E-state index is -0.870. The fraction of sp³-hybridized carbons (Fsp3) is 0.667. The van der Waals surface area contributed by atoms with E-state index in [1.807, 2.05) is 6.08 Å². The van der Waals surface area contributed by atoms with Gasteiger partial charge in [0.2, 0.25) is 5.91 Å². The molecule has 55 heavy (non-hydrogen) atoms. The molecule has 314 valence electrons. The van der Waals surface area contributed by atoms with Crippen molar-refractivity contribution in [2.45, 2.75) is 212 Å². The molecule has 4 heteroatoms. The van der Waals surface area contributed by atoms with Crippen LogP contribution in [0.5, 0.6) is 0 Å². The van der Waals surface area contributed by atoms with Crippen molar-refractivity contribution in [3.05, 3.63) is 97.2 Å². The molecule has 0 fully saturated rings. The number of allylic oxidation sites excluding steroid dienone is 15. The monoisotopic (exact) mass is 762 g/mol. The summed E-state index contributed by atoms with van der Waals surface area (Å²) in [6.07, 6.45) is 68.1. The number of carbonyl (C=O) groups excluding carboxylic acids is 1. The molecule has 3 N–H and O–H groups in total. The molecule has 2 atom stereocenters. The highest BCUT2D eigenvalue weighted by Crippen LogP contribution is 2.15. The second kappa shape index (κ2) is 45.7. The Bertz CT molecular complexity index is 1050. The molecule has 4 nitrogen and oxygen atoms in total. The molecule has 0 heterocycles. The van der Waals surface area contributed by atoms with E-state index in [2.05, 4.69) is 104 Å². The van der Waals surface area contributed by atoms with Gasteiger partial charge in [-0.05, 0) is 70.6 Å². The zero-order chi connectivity index (χ0) is 40.0. The van der Waals surface area contributed by atoms with Gasteiger partial charge in [0, 0.05) is 6.42 Å². The normalized spacial score (nSPS) is 13.9. The predicted octanol–water partition coefficient (Wildman–Crippen LogP) is 14.6. The zero-order valence-corrected chi connectivity index (χ0v) is 35.9. The second-order valence-corrected chi connectivity index (χ2v) is 15.1. The third kappa shape index (κ3) is 42.3. The van der Waals surface area contributed by atoms with E-state index < -0.39 is 12.1 Å². The first-order valence-electron chi connectivity index (χ1n) is 23.0. The van der Waals surface area contributed by atoms with Crippen LogP contribution in [-0.4, -0.2) is 34.9 Å². The minimum Gasteiger partial charge on any atom is -0.394 e. The largest absolute Gasteiger partial charge is 0.394 e. The number of amides is 1. The summed E-state index contributed by atoms with van der Waals surface area (Å²) >= 11 is 0. The highest BCUT2D eigenvalue weighted by molar-refractivity contribution is 5.76. The molecule has 0 aromatic heterocycles. The molecule has 0 aliphatic heterocycles. The lowest BCUT2D eigenvalue weighted by Gasteiger charge is -2.19. The molecule has 0 rings (SSSR count). The summed E-state index contributed by atoms with van der Waals surface area (Å²) in [7, 11) is 0. The van der Waals surface area contributed by atoms with E-state index in [-0.39, 0.29) is 12.5 Å². The number of aliphatic hydroxyl groups excluding tert-OH is 2. The third-order valence-corrected chi connectivity index (χ3v) is 9.82. The minimum absolute atomic E-state index is 0.125. The Hall–Kier alpha value is -2.69. The molecule has 0 aliphatic carbocycles. The van der Waals surface area contributed by atoms with Crippen LogP contribution >= 0.6 is 0 Å². The molecular formula is C51H87NO3. The molecule has 0 aliphatic rings. The standard InChI is InChI=1S/C51H87NO3/c1-3-5-7-9-11-13-15-17-19-21-23-25-26-27-29-31-33-35-37-39-41-43-45-47-51(55)52-49(48-53)50(54)46-44-42-40-38-36-34-32-30-28-24-22-20-18-16-14-12-10-8-6-4-2/h5,7,11,13,17,19,23,25,27,29,33,35,39,41,44,46,49-50,53-54H,3-4,6,8-10,12,14-16,18,20-22,24,26,28,30-32,34,36-38,40,42-43,45,47-48H2,1-2H3,(H,52,55)/b7-5-,13-11-,19-17-,25-23-,29-27-,35-33-,41-39-,46-44+. The van der Waals surface area contributed by atoms with Crippen LogP contribution in [0, 0.1) is 0 Å². The van der Waals surface area contributed by atoms with Crippen LogP contribution in [0.25, 0.3) is 0 Å². The predicted molar refractivity (Wildman–Crippen MR) is 243 cm³/mol. The second-order valence-electron chi connectivity index (χ2n) is 15.1. The lowest BCUT2D eigenvalue weighted by Crippen LogP contribution is -2.45. The van der Waals surface area contributed by atoms with E-state index in [1.165, 1.54) is 109 Å². The Balaban J connectivity index is 3.73. The molecule has 0 radical (unpaired) electrons. The summed E-state index contributed by atoms with van der Waals surface area (Å²) in [6, 6.07) is -0.660. The van der Waals surface area contributed by atoms with Crippen molar-refractivity contribution in [2.75, 3.05) is 6.61 Å². The molecule has 1 amide bonds. The number of hydrogen-bond acceptors (Lipinski definition) is 3. The highest BCUT2D eigenvalue weighted by atomic mass is 16.3. The van der Waals surface area contributed by atoms with Gasteiger partial charge < -0.3 is 15.5 Å². The topological polar surface area (TPSA) is 69.6 Å². The lowest BCUT2D eigenvalue weighted by atomic mass is 10.0. The smallest absolute Gasteiger partial charge is 0.220 e. The Morgan fingerprint density at radius 2 is 0.800 bits per heavy atom. The van der Waals surface area contributed by atoms with Crippen LogP contribution in [-0.2, 0) is 4.79 Å². The number of rotatable bonds is 40. The van der Waals surface area contributed by atoms with Crippen molar-refractivity contribution in [1.29, 1.82) is 0 Å². The van der Waals surface area contributed by atoms with Gasteiger partial charge in [-0.15, -0.1) is 0 Å². The molecule has 0 bridgehead atoms. The quantitative estimate of drug-likeness (QED) is 0.0430. The Labute approximate surface area is 341 Å². The van der Waals surface area contributed by atoms with Crippen LogP contribution < -0.4 is 5.32 Å². The van der Waals surface area contributed by atoms with E-state index in [9.17, 15) is 15.0 Å². The van der Waals surface area contributed by atoms with Crippen molar-refractivity contribution in [3.63, 3.8) is 0 Å². The van der Waals surface area contributed by atoms with Crippen molar-refractivity contribution >= 4 is 5.91 Å². The first kappa shape index (κ1) is 52.3. The lowest BCUT2D eigenvalue weighted by molar-refractivity contribution is -0.122. The van der Waals surface area contributed by atoms with E-state index in [0.717, 1.165) is 70.6 Å². The summed E-state index contributed by atoms with van der Waals surface area (Å²) in [6.45, 7) is 4.17. The van der Waals surface area contributed by atoms with Gasteiger partial charge in [-0.3, -0.25) is 4.79 Å². The molecular weight excluding hydrogens is 675 g/mol. The molecule has 0 spiro atoms. The number of aliphatic hydroxyl groups is 2. The van der Waals surface area contributed by atoms with E-state index in [1.54, 1.807) is 6.08 Å². The average Bonchev–Trinajstić information content (AvgIpc) is 3.19. The van der Waals surface area contributed by atoms with Crippen LogP contribution in [0.4, 0.5) is 0 Å².